The first-order chi connectivity index (χ1) is 12.3. The predicted molar refractivity (Wildman–Crippen MR) is 115 cm³/mol. The normalized spacial score (nSPS) is 12.5. The van der Waals surface area contributed by atoms with Crippen molar-refractivity contribution in [1.29, 1.82) is 0 Å². The predicted octanol–water partition coefficient (Wildman–Crippen LogP) is 6.46. The molecule has 25 heavy (non-hydrogen) atoms. The molecule has 0 heterocycles. The fourth-order valence-electron chi connectivity index (χ4n) is 3.18. The minimum Gasteiger partial charge on any atom is -0.404 e. The van der Waals surface area contributed by atoms with Gasteiger partial charge in [-0.3, -0.25) is 0 Å². The summed E-state index contributed by atoms with van der Waals surface area (Å²) >= 11 is 0. The molecule has 0 amide bonds. The largest absolute Gasteiger partial charge is 0.404 e. The Balaban J connectivity index is 2.99. The number of unbranched alkanes of at least 4 members (excludes halogenated alkanes) is 16. The number of hydrogen-bond acceptors (Lipinski definition) is 2. The molecule has 0 aromatic rings. The summed E-state index contributed by atoms with van der Waals surface area (Å²) in [5.41, 5.74) is 0. The van der Waals surface area contributed by atoms with Gasteiger partial charge in [0.05, 0.1) is 0 Å². The molecule has 0 radical (unpaired) electrons. The maximum absolute atomic E-state index is 5.53. The van der Waals surface area contributed by atoms with Crippen LogP contribution in [0.5, 0.6) is 0 Å². The molecule has 0 aliphatic rings. The molecule has 3 heteroatoms. The second-order valence-electron chi connectivity index (χ2n) is 7.41. The van der Waals surface area contributed by atoms with Crippen LogP contribution in [0.4, 0.5) is 0 Å². The summed E-state index contributed by atoms with van der Waals surface area (Å²) in [4.78, 5) is 0. The summed E-state index contributed by atoms with van der Waals surface area (Å²) in [6, 6.07) is 0. The average Bonchev–Trinajstić information content (AvgIpc) is 2.63. The second kappa shape index (κ2) is 21.9. The van der Waals surface area contributed by atoms with Crippen molar-refractivity contribution in [3.8, 4) is 0 Å². The van der Waals surface area contributed by atoms with Gasteiger partial charge in [-0.25, -0.2) is 0 Å². The number of ether oxygens (including phenoxy) is 1. The molecule has 0 spiro atoms. The van der Waals surface area contributed by atoms with Gasteiger partial charge in [0.2, 0.25) is 0 Å². The Morgan fingerprint density at radius 1 is 0.680 bits per heavy atom. The van der Waals surface area contributed by atoms with Crippen molar-refractivity contribution in [1.82, 2.24) is 0 Å². The van der Waals surface area contributed by atoms with Gasteiger partial charge in [0.15, 0.2) is 0 Å². The van der Waals surface area contributed by atoms with Gasteiger partial charge >= 0.3 is 0 Å². The first-order valence-corrected chi connectivity index (χ1v) is 11.9. The van der Waals surface area contributed by atoms with Gasteiger partial charge in [-0.2, -0.15) is 0 Å². The summed E-state index contributed by atoms with van der Waals surface area (Å²) in [6.45, 7) is 6.62. The second-order valence-corrected chi connectivity index (χ2v) is 7.88. The average molecular weight is 371 g/mol. The zero-order valence-electron chi connectivity index (χ0n) is 17.4. The van der Waals surface area contributed by atoms with Crippen LogP contribution < -0.4 is 0 Å². The molecule has 1 atom stereocenters. The lowest BCUT2D eigenvalue weighted by Crippen LogP contribution is -2.11. The van der Waals surface area contributed by atoms with Crippen molar-refractivity contribution in [3.63, 3.8) is 0 Å². The summed E-state index contributed by atoms with van der Waals surface area (Å²) < 4.78 is 10.7. The van der Waals surface area contributed by atoms with E-state index in [1.165, 1.54) is 109 Å². The molecule has 0 saturated carbocycles. The van der Waals surface area contributed by atoms with Gasteiger partial charge < -0.3 is 9.16 Å². The summed E-state index contributed by atoms with van der Waals surface area (Å²) in [7, 11) is 0.766. The first-order valence-electron chi connectivity index (χ1n) is 11.1. The van der Waals surface area contributed by atoms with E-state index in [-0.39, 0.29) is 6.29 Å². The molecule has 0 fully saturated rings. The summed E-state index contributed by atoms with van der Waals surface area (Å²) in [6.07, 6.45) is 25.7. The lowest BCUT2D eigenvalue weighted by atomic mass is 10.0. The van der Waals surface area contributed by atoms with E-state index in [0.29, 0.717) is 0 Å². The highest BCUT2D eigenvalue weighted by atomic mass is 28.2. The van der Waals surface area contributed by atoms with Crippen LogP contribution in [0.2, 0.25) is 0 Å². The number of hydrogen-bond donors (Lipinski definition) is 0. The molecule has 0 saturated heterocycles. The minimum absolute atomic E-state index is 0.00834. The van der Waals surface area contributed by atoms with Gasteiger partial charge in [0.1, 0.15) is 16.8 Å². The van der Waals surface area contributed by atoms with E-state index in [9.17, 15) is 0 Å². The van der Waals surface area contributed by atoms with E-state index in [4.69, 9.17) is 9.16 Å². The van der Waals surface area contributed by atoms with E-state index < -0.39 is 0 Å². The van der Waals surface area contributed by atoms with Crippen LogP contribution in [0.25, 0.3) is 0 Å². The Morgan fingerprint density at radius 2 is 1.04 bits per heavy atom. The van der Waals surface area contributed by atoms with Crippen molar-refractivity contribution in [2.24, 2.45) is 0 Å². The van der Waals surface area contributed by atoms with E-state index >= 15 is 0 Å². The monoisotopic (exact) mass is 370 g/mol. The molecule has 0 aromatic heterocycles. The fourth-order valence-corrected chi connectivity index (χ4v) is 3.32. The van der Waals surface area contributed by atoms with Crippen molar-refractivity contribution < 1.29 is 9.16 Å². The third-order valence-electron chi connectivity index (χ3n) is 4.99. The Labute approximate surface area is 161 Å². The van der Waals surface area contributed by atoms with Gasteiger partial charge in [0.25, 0.3) is 0 Å². The standard InChI is InChI=1S/C22H46O2Si/c1-3-4-5-6-7-8-9-10-11-12-13-14-15-16-17-18-19-20-21-23-22(2)24-25/h3,22H,1,4-21H2,2,25H3. The lowest BCUT2D eigenvalue weighted by molar-refractivity contribution is -0.0639. The fraction of sp³-hybridized carbons (Fsp3) is 0.909. The van der Waals surface area contributed by atoms with Crippen LogP contribution in [0.15, 0.2) is 12.7 Å². The molecule has 0 bridgehead atoms. The smallest absolute Gasteiger partial charge is 0.149 e. The summed E-state index contributed by atoms with van der Waals surface area (Å²) in [5.74, 6) is 0. The molecule has 150 valence electrons. The maximum atomic E-state index is 5.53. The van der Waals surface area contributed by atoms with Crippen LogP contribution in [-0.4, -0.2) is 23.4 Å². The third-order valence-corrected chi connectivity index (χ3v) is 5.65. The summed E-state index contributed by atoms with van der Waals surface area (Å²) in [5, 5.41) is 0. The van der Waals surface area contributed by atoms with E-state index in [2.05, 4.69) is 6.58 Å². The van der Waals surface area contributed by atoms with E-state index in [1.807, 2.05) is 13.0 Å². The van der Waals surface area contributed by atoms with Gasteiger partial charge in [0, 0.05) is 6.61 Å². The molecule has 0 N–H and O–H groups in total. The van der Waals surface area contributed by atoms with Crippen LogP contribution in [0.1, 0.15) is 116 Å². The quantitative estimate of drug-likeness (QED) is 0.0998. The molecule has 0 aliphatic carbocycles. The highest BCUT2D eigenvalue weighted by Gasteiger charge is 1.98. The zero-order valence-corrected chi connectivity index (χ0v) is 19.4. The highest BCUT2D eigenvalue weighted by Crippen LogP contribution is 2.14. The van der Waals surface area contributed by atoms with Crippen molar-refractivity contribution in [2.75, 3.05) is 6.61 Å². The lowest BCUT2D eigenvalue weighted by Gasteiger charge is -2.10. The minimum atomic E-state index is 0.00834. The van der Waals surface area contributed by atoms with E-state index in [1.54, 1.807) is 0 Å². The van der Waals surface area contributed by atoms with Crippen LogP contribution in [0.3, 0.4) is 0 Å². The zero-order chi connectivity index (χ0) is 18.4. The van der Waals surface area contributed by atoms with Gasteiger partial charge in [-0.1, -0.05) is 96.0 Å². The van der Waals surface area contributed by atoms with E-state index in [0.717, 1.165) is 17.1 Å². The topological polar surface area (TPSA) is 18.5 Å². The molecule has 0 aromatic carbocycles. The third kappa shape index (κ3) is 21.8. The Hall–Kier alpha value is -0.123. The first kappa shape index (κ1) is 24.9. The van der Waals surface area contributed by atoms with Crippen molar-refractivity contribution in [2.45, 2.75) is 122 Å². The molecule has 1 unspecified atom stereocenters. The van der Waals surface area contributed by atoms with Gasteiger partial charge in [-0.15, -0.1) is 6.58 Å². The Kier molecular flexibility index (Phi) is 21.8. The molecule has 2 nitrogen and oxygen atoms in total. The molecular weight excluding hydrogens is 324 g/mol. The van der Waals surface area contributed by atoms with Crippen LogP contribution in [-0.2, 0) is 9.16 Å². The highest BCUT2D eigenvalue weighted by molar-refractivity contribution is 5.98. The maximum Gasteiger partial charge on any atom is 0.149 e. The number of rotatable bonds is 21. The van der Waals surface area contributed by atoms with Crippen molar-refractivity contribution in [3.05, 3.63) is 12.7 Å². The number of allylic oxidation sites excluding steroid dienone is 1. The molecule has 0 aliphatic heterocycles. The molecular formula is C22H46O2Si. The van der Waals surface area contributed by atoms with Gasteiger partial charge in [-0.05, 0) is 26.2 Å². The van der Waals surface area contributed by atoms with Crippen molar-refractivity contribution >= 4 is 10.5 Å². The molecule has 0 rings (SSSR count). The van der Waals surface area contributed by atoms with Crippen LogP contribution >= 0.6 is 0 Å². The SMILES string of the molecule is C=CCCCCCCCCCCCCCCCCCCOC(C)O[SiH3]. The van der Waals surface area contributed by atoms with Crippen LogP contribution in [0, 0.1) is 0 Å². The Bertz CT molecular complexity index is 258. The Morgan fingerprint density at radius 3 is 1.40 bits per heavy atom.